The van der Waals surface area contributed by atoms with Crippen molar-refractivity contribution < 1.29 is 18.4 Å². The number of halogens is 1. The Kier molecular flexibility index (Phi) is 4.27. The highest BCUT2D eigenvalue weighted by Crippen LogP contribution is 2.26. The van der Waals surface area contributed by atoms with Crippen molar-refractivity contribution in [2.75, 3.05) is 19.7 Å². The lowest BCUT2D eigenvalue weighted by molar-refractivity contribution is -0.132. The summed E-state index contributed by atoms with van der Waals surface area (Å²) in [5.74, 6) is 0.651. The molecule has 122 valence electrons. The summed E-state index contributed by atoms with van der Waals surface area (Å²) in [6, 6.07) is 4.57. The number of carbonyl (C=O) groups is 1. The van der Waals surface area contributed by atoms with Crippen LogP contribution in [0.2, 0.25) is 0 Å². The van der Waals surface area contributed by atoms with Gasteiger partial charge >= 0.3 is 0 Å². The molecule has 3 rings (SSSR count). The minimum absolute atomic E-state index is 0.0517. The van der Waals surface area contributed by atoms with E-state index in [0.717, 1.165) is 12.0 Å². The van der Waals surface area contributed by atoms with Crippen LogP contribution in [-0.4, -0.2) is 40.6 Å². The minimum Gasteiger partial charge on any atom is -0.481 e. The van der Waals surface area contributed by atoms with Gasteiger partial charge < -0.3 is 14.2 Å². The molecule has 1 fully saturated rings. The number of nitrogens with zero attached hydrogens (tertiary/aromatic N) is 3. The first-order valence-electron chi connectivity index (χ1n) is 7.50. The average molecular weight is 319 g/mol. The van der Waals surface area contributed by atoms with Gasteiger partial charge in [0, 0.05) is 13.1 Å². The Morgan fingerprint density at radius 3 is 3.04 bits per heavy atom. The number of rotatable bonds is 4. The highest BCUT2D eigenvalue weighted by atomic mass is 19.1. The van der Waals surface area contributed by atoms with Crippen molar-refractivity contribution in [1.82, 2.24) is 15.0 Å². The summed E-state index contributed by atoms with van der Waals surface area (Å²) < 4.78 is 24.1. The summed E-state index contributed by atoms with van der Waals surface area (Å²) in [5, 5.41) is 3.77. The number of hydrogen-bond donors (Lipinski definition) is 0. The van der Waals surface area contributed by atoms with Gasteiger partial charge in [-0.15, -0.1) is 0 Å². The second-order valence-electron chi connectivity index (χ2n) is 5.73. The zero-order valence-electron chi connectivity index (χ0n) is 13.1. The topological polar surface area (TPSA) is 68.5 Å². The number of carbonyl (C=O) groups excluding carboxylic acids is 1. The van der Waals surface area contributed by atoms with Crippen LogP contribution < -0.4 is 4.74 Å². The molecule has 1 saturated heterocycles. The Morgan fingerprint density at radius 1 is 1.48 bits per heavy atom. The van der Waals surface area contributed by atoms with Gasteiger partial charge in [-0.3, -0.25) is 4.79 Å². The third-order valence-corrected chi connectivity index (χ3v) is 3.87. The molecular weight excluding hydrogens is 301 g/mol. The lowest BCUT2D eigenvalue weighted by Crippen LogP contribution is -2.33. The van der Waals surface area contributed by atoms with E-state index < -0.39 is 5.82 Å². The van der Waals surface area contributed by atoms with Crippen LogP contribution in [0.3, 0.4) is 0 Å². The number of ether oxygens (including phenoxy) is 1. The Morgan fingerprint density at radius 2 is 2.30 bits per heavy atom. The van der Waals surface area contributed by atoms with Gasteiger partial charge in [0.15, 0.2) is 24.0 Å². The Balaban J connectivity index is 1.56. The molecule has 0 radical (unpaired) electrons. The van der Waals surface area contributed by atoms with Crippen molar-refractivity contribution in [2.24, 2.45) is 0 Å². The molecule has 1 aliphatic heterocycles. The second-order valence-corrected chi connectivity index (χ2v) is 5.73. The van der Waals surface area contributed by atoms with Crippen LogP contribution in [0.5, 0.6) is 5.75 Å². The fraction of sp³-hybridized carbons (Fsp3) is 0.438. The molecule has 1 aromatic heterocycles. The third-order valence-electron chi connectivity index (χ3n) is 3.87. The number of likely N-dealkylation sites (tertiary alicyclic amines) is 1. The summed E-state index contributed by atoms with van der Waals surface area (Å²) in [6.45, 7) is 4.53. The molecule has 0 spiro atoms. The van der Waals surface area contributed by atoms with Gasteiger partial charge in [0.25, 0.3) is 5.91 Å². The molecule has 0 N–H and O–H groups in total. The van der Waals surface area contributed by atoms with E-state index in [1.54, 1.807) is 24.0 Å². The molecule has 0 bridgehead atoms. The Labute approximate surface area is 133 Å². The summed E-state index contributed by atoms with van der Waals surface area (Å²) in [6.07, 6.45) is 0.770. The highest BCUT2D eigenvalue weighted by molar-refractivity contribution is 5.78. The van der Waals surface area contributed by atoms with Crippen LogP contribution in [0.15, 0.2) is 22.7 Å². The smallest absolute Gasteiger partial charge is 0.260 e. The molecule has 2 heterocycles. The molecule has 1 atom stereocenters. The summed E-state index contributed by atoms with van der Waals surface area (Å²) in [7, 11) is 0. The monoisotopic (exact) mass is 319 g/mol. The fourth-order valence-corrected chi connectivity index (χ4v) is 2.62. The number of amides is 1. The van der Waals surface area contributed by atoms with Crippen molar-refractivity contribution >= 4 is 5.91 Å². The summed E-state index contributed by atoms with van der Waals surface area (Å²) in [5.41, 5.74) is 0.877. The lowest BCUT2D eigenvalue weighted by atomic mass is 10.1. The molecule has 7 heteroatoms. The molecule has 1 amide bonds. The van der Waals surface area contributed by atoms with Crippen molar-refractivity contribution in [1.29, 1.82) is 0 Å². The highest BCUT2D eigenvalue weighted by Gasteiger charge is 2.31. The van der Waals surface area contributed by atoms with Crippen molar-refractivity contribution in [3.05, 3.63) is 41.3 Å². The second kappa shape index (κ2) is 6.36. The molecule has 23 heavy (non-hydrogen) atoms. The van der Waals surface area contributed by atoms with Gasteiger partial charge in [0.2, 0.25) is 5.89 Å². The average Bonchev–Trinajstić information content (AvgIpc) is 3.16. The first-order valence-corrected chi connectivity index (χ1v) is 7.50. The van der Waals surface area contributed by atoms with E-state index in [2.05, 4.69) is 10.1 Å². The Bertz CT molecular complexity index is 716. The standard InChI is InChI=1S/C16H18FN3O3/c1-10-3-4-13(17)14(7-10)22-9-15(21)20-6-5-12(8-20)16-18-11(2)19-23-16/h3-4,7,12H,5-6,8-9H2,1-2H3/t12-/m1/s1. The third kappa shape index (κ3) is 3.49. The normalized spacial score (nSPS) is 17.5. The van der Waals surface area contributed by atoms with E-state index in [1.165, 1.54) is 6.07 Å². The maximum Gasteiger partial charge on any atom is 0.260 e. The van der Waals surface area contributed by atoms with Crippen molar-refractivity contribution in [3.8, 4) is 5.75 Å². The predicted octanol–water partition coefficient (Wildman–Crippen LogP) is 2.22. The quantitative estimate of drug-likeness (QED) is 0.864. The first kappa shape index (κ1) is 15.5. The van der Waals surface area contributed by atoms with Gasteiger partial charge in [0.1, 0.15) is 0 Å². The molecule has 2 aromatic rings. The molecule has 6 nitrogen and oxygen atoms in total. The largest absolute Gasteiger partial charge is 0.481 e. The number of aromatic nitrogens is 2. The van der Waals surface area contributed by atoms with E-state index in [1.807, 2.05) is 6.92 Å². The van der Waals surface area contributed by atoms with Crippen LogP contribution in [0.1, 0.15) is 29.6 Å². The van der Waals surface area contributed by atoms with Crippen molar-refractivity contribution in [3.63, 3.8) is 0 Å². The van der Waals surface area contributed by atoms with E-state index in [-0.39, 0.29) is 24.2 Å². The number of aryl methyl sites for hydroxylation is 2. The van der Waals surface area contributed by atoms with Gasteiger partial charge in [-0.05, 0) is 38.0 Å². The van der Waals surface area contributed by atoms with Gasteiger partial charge in [-0.1, -0.05) is 11.2 Å². The summed E-state index contributed by atoms with van der Waals surface area (Å²) in [4.78, 5) is 18.1. The van der Waals surface area contributed by atoms with Crippen molar-refractivity contribution in [2.45, 2.75) is 26.2 Å². The number of benzene rings is 1. The van der Waals surface area contributed by atoms with Crippen LogP contribution in [-0.2, 0) is 4.79 Å². The van der Waals surface area contributed by atoms with E-state index in [9.17, 15) is 9.18 Å². The van der Waals surface area contributed by atoms with E-state index >= 15 is 0 Å². The van der Waals surface area contributed by atoms with Gasteiger partial charge in [0.05, 0.1) is 5.92 Å². The minimum atomic E-state index is -0.468. The van der Waals surface area contributed by atoms with Gasteiger partial charge in [-0.25, -0.2) is 4.39 Å². The first-order chi connectivity index (χ1) is 11.0. The summed E-state index contributed by atoms with van der Waals surface area (Å²) >= 11 is 0. The lowest BCUT2D eigenvalue weighted by Gasteiger charge is -2.16. The molecule has 0 aliphatic carbocycles. The molecule has 0 saturated carbocycles. The zero-order chi connectivity index (χ0) is 16.4. The fourth-order valence-electron chi connectivity index (χ4n) is 2.62. The number of hydrogen-bond acceptors (Lipinski definition) is 5. The molecule has 1 aromatic carbocycles. The van der Waals surface area contributed by atoms with Crippen LogP contribution in [0, 0.1) is 19.7 Å². The van der Waals surface area contributed by atoms with E-state index in [4.69, 9.17) is 9.26 Å². The molecule has 1 aliphatic rings. The predicted molar refractivity (Wildman–Crippen MR) is 79.6 cm³/mol. The van der Waals surface area contributed by atoms with Crippen LogP contribution in [0.4, 0.5) is 4.39 Å². The van der Waals surface area contributed by atoms with Gasteiger partial charge in [-0.2, -0.15) is 4.98 Å². The van der Waals surface area contributed by atoms with Crippen LogP contribution in [0.25, 0.3) is 0 Å². The Hall–Kier alpha value is -2.44. The zero-order valence-corrected chi connectivity index (χ0v) is 13.1. The maximum absolute atomic E-state index is 13.6. The van der Waals surface area contributed by atoms with E-state index in [0.29, 0.717) is 24.8 Å². The maximum atomic E-state index is 13.6. The molecule has 0 unspecified atom stereocenters. The molecular formula is C16H18FN3O3. The van der Waals surface area contributed by atoms with Crippen LogP contribution >= 0.6 is 0 Å². The SMILES string of the molecule is Cc1ccc(F)c(OCC(=O)N2CC[C@@H](c3nc(C)no3)C2)c1.